The van der Waals surface area contributed by atoms with Crippen molar-refractivity contribution >= 4 is 11.9 Å². The van der Waals surface area contributed by atoms with Gasteiger partial charge in [-0.1, -0.05) is 0 Å². The fraction of sp³-hybridized carbons (Fsp3) is 0.348. The van der Waals surface area contributed by atoms with Crippen molar-refractivity contribution in [2.75, 3.05) is 34.4 Å². The average molecular weight is 414 g/mol. The van der Waals surface area contributed by atoms with E-state index in [1.165, 1.54) is 4.90 Å². The molecule has 0 spiro atoms. The van der Waals surface area contributed by atoms with E-state index < -0.39 is 0 Å². The normalized spacial score (nSPS) is 14.1. The zero-order valence-corrected chi connectivity index (χ0v) is 18.0. The second kappa shape index (κ2) is 9.09. The number of carbonyl (C=O) groups excluding carboxylic acids is 1. The molecule has 160 valence electrons. The van der Waals surface area contributed by atoms with E-state index in [-0.39, 0.29) is 17.3 Å². The monoisotopic (exact) mass is 414 g/mol. The van der Waals surface area contributed by atoms with E-state index in [9.17, 15) is 9.90 Å². The van der Waals surface area contributed by atoms with E-state index in [1.807, 2.05) is 0 Å². The van der Waals surface area contributed by atoms with Gasteiger partial charge in [0.1, 0.15) is 18.0 Å². The van der Waals surface area contributed by atoms with Crippen molar-refractivity contribution in [3.05, 3.63) is 46.7 Å². The summed E-state index contributed by atoms with van der Waals surface area (Å²) in [6.07, 6.45) is 1.62. The van der Waals surface area contributed by atoms with E-state index in [4.69, 9.17) is 18.9 Å². The lowest BCUT2D eigenvalue weighted by molar-refractivity contribution is -0.910. The number of methoxy groups -OCH3 is 3. The van der Waals surface area contributed by atoms with Crippen LogP contribution in [0.1, 0.15) is 35.3 Å². The molecule has 0 aromatic heterocycles. The molecule has 1 heterocycles. The molecule has 2 N–H and O–H groups in total. The van der Waals surface area contributed by atoms with Crippen LogP contribution in [-0.2, 0) is 6.54 Å². The predicted octanol–water partition coefficient (Wildman–Crippen LogP) is 2.46. The summed E-state index contributed by atoms with van der Waals surface area (Å²) in [4.78, 5) is 14.3. The summed E-state index contributed by atoms with van der Waals surface area (Å²) in [7, 11) is 4.62. The summed E-state index contributed by atoms with van der Waals surface area (Å²) in [5.41, 5.74) is 1.70. The molecule has 0 bridgehead atoms. The number of quaternary nitrogens is 1. The number of hydrogen-bond acceptors (Lipinski definition) is 6. The SMILES string of the molecule is CC[NH+](CC)Cc1c(O)ccc2c1O/C(=C\c1cc(OC)c(OC)cc1OC)C2=O. The van der Waals surface area contributed by atoms with Crippen molar-refractivity contribution in [1.29, 1.82) is 0 Å². The zero-order valence-electron chi connectivity index (χ0n) is 18.0. The summed E-state index contributed by atoms with van der Waals surface area (Å²) in [5, 5.41) is 10.4. The first-order valence-electron chi connectivity index (χ1n) is 9.89. The first-order chi connectivity index (χ1) is 14.5. The number of carbonyl (C=O) groups is 1. The number of rotatable bonds is 8. The molecule has 1 aliphatic rings. The maximum atomic E-state index is 13.0. The number of ether oxygens (including phenoxy) is 4. The van der Waals surface area contributed by atoms with E-state index >= 15 is 0 Å². The fourth-order valence-corrected chi connectivity index (χ4v) is 3.52. The molecule has 30 heavy (non-hydrogen) atoms. The van der Waals surface area contributed by atoms with Crippen LogP contribution >= 0.6 is 0 Å². The van der Waals surface area contributed by atoms with Crippen LogP contribution in [0.25, 0.3) is 6.08 Å². The molecule has 0 atom stereocenters. The van der Waals surface area contributed by atoms with Crippen molar-refractivity contribution < 1.29 is 33.7 Å². The molecular weight excluding hydrogens is 386 g/mol. The number of fused-ring (bicyclic) bond motifs is 1. The highest BCUT2D eigenvalue weighted by molar-refractivity contribution is 6.15. The molecular formula is C23H28NO6+. The van der Waals surface area contributed by atoms with Gasteiger partial charge in [-0.15, -0.1) is 0 Å². The van der Waals surface area contributed by atoms with Crippen LogP contribution in [0.3, 0.4) is 0 Å². The van der Waals surface area contributed by atoms with E-state index in [1.54, 1.807) is 51.7 Å². The number of phenols is 1. The van der Waals surface area contributed by atoms with Gasteiger partial charge in [-0.05, 0) is 38.1 Å². The molecule has 3 rings (SSSR count). The average Bonchev–Trinajstić information content (AvgIpc) is 3.08. The molecule has 0 aliphatic carbocycles. The van der Waals surface area contributed by atoms with Crippen LogP contribution in [0.15, 0.2) is 30.0 Å². The standard InChI is InChI=1S/C23H27NO6/c1-6-24(7-2)13-16-17(25)9-8-15-22(26)21(30-23(15)16)11-14-10-19(28-4)20(29-5)12-18(14)27-3/h8-12,25H,6-7,13H2,1-5H3/p+1/b21-11-. The van der Waals surface area contributed by atoms with E-state index in [0.717, 1.165) is 13.1 Å². The molecule has 1 aliphatic heterocycles. The summed E-state index contributed by atoms with van der Waals surface area (Å²) in [5.74, 6) is 2.03. The van der Waals surface area contributed by atoms with E-state index in [2.05, 4.69) is 13.8 Å². The Balaban J connectivity index is 2.03. The summed E-state index contributed by atoms with van der Waals surface area (Å²) in [6, 6.07) is 6.57. The Morgan fingerprint density at radius 2 is 1.63 bits per heavy atom. The Labute approximate surface area is 176 Å². The Hall–Kier alpha value is -3.19. The summed E-state index contributed by atoms with van der Waals surface area (Å²) < 4.78 is 22.1. The van der Waals surface area contributed by atoms with Gasteiger partial charge in [0.15, 0.2) is 23.0 Å². The van der Waals surface area contributed by atoms with Gasteiger partial charge in [0.2, 0.25) is 5.78 Å². The molecule has 0 fully saturated rings. The first kappa shape index (κ1) is 21.5. The number of nitrogens with one attached hydrogen (secondary N) is 1. The maximum Gasteiger partial charge on any atom is 0.231 e. The molecule has 0 radical (unpaired) electrons. The summed E-state index contributed by atoms with van der Waals surface area (Å²) in [6.45, 7) is 6.54. The molecule has 0 saturated heterocycles. The molecule has 2 aromatic carbocycles. The van der Waals surface area contributed by atoms with Crippen LogP contribution < -0.4 is 23.8 Å². The number of allylic oxidation sites excluding steroid dienone is 1. The minimum absolute atomic E-state index is 0.130. The van der Waals surface area contributed by atoms with Crippen molar-refractivity contribution in [2.45, 2.75) is 20.4 Å². The highest BCUT2D eigenvalue weighted by atomic mass is 16.5. The largest absolute Gasteiger partial charge is 0.507 e. The number of Topliss-reactive ketones (excluding diaryl/α,β-unsaturated/α-hetero) is 1. The molecule has 0 saturated carbocycles. The lowest BCUT2D eigenvalue weighted by Gasteiger charge is -2.17. The van der Waals surface area contributed by atoms with Crippen molar-refractivity contribution in [1.82, 2.24) is 0 Å². The van der Waals surface area contributed by atoms with Gasteiger partial charge in [0.05, 0.1) is 45.5 Å². The van der Waals surface area contributed by atoms with Gasteiger partial charge in [-0.2, -0.15) is 0 Å². The first-order valence-corrected chi connectivity index (χ1v) is 9.89. The van der Waals surface area contributed by atoms with E-state index in [0.29, 0.717) is 46.2 Å². The molecule has 2 aromatic rings. The second-order valence-electron chi connectivity index (χ2n) is 6.96. The minimum Gasteiger partial charge on any atom is -0.507 e. The zero-order chi connectivity index (χ0) is 21.8. The third-order valence-electron chi connectivity index (χ3n) is 5.37. The smallest absolute Gasteiger partial charge is 0.231 e. The minimum atomic E-state index is -0.238. The van der Waals surface area contributed by atoms with Gasteiger partial charge in [-0.3, -0.25) is 4.79 Å². The molecule has 0 unspecified atom stereocenters. The van der Waals surface area contributed by atoms with Gasteiger partial charge in [-0.25, -0.2) is 0 Å². The van der Waals surface area contributed by atoms with Crippen LogP contribution in [0, 0.1) is 0 Å². The molecule has 7 nitrogen and oxygen atoms in total. The number of ketones is 1. The van der Waals surface area contributed by atoms with Crippen molar-refractivity contribution in [3.63, 3.8) is 0 Å². The topological polar surface area (TPSA) is 78.7 Å². The Bertz CT molecular complexity index is 978. The van der Waals surface area contributed by atoms with Gasteiger partial charge in [0, 0.05) is 11.6 Å². The van der Waals surface area contributed by atoms with Crippen molar-refractivity contribution in [3.8, 4) is 28.7 Å². The third kappa shape index (κ3) is 3.93. The van der Waals surface area contributed by atoms with Crippen LogP contribution in [0.5, 0.6) is 28.7 Å². The maximum absolute atomic E-state index is 13.0. The Kier molecular flexibility index (Phi) is 6.52. The van der Waals surface area contributed by atoms with Crippen LogP contribution in [-0.4, -0.2) is 45.3 Å². The van der Waals surface area contributed by atoms with Crippen LogP contribution in [0.4, 0.5) is 0 Å². The Morgan fingerprint density at radius 1 is 1.00 bits per heavy atom. The molecule has 7 heteroatoms. The number of hydrogen-bond donors (Lipinski definition) is 2. The van der Waals surface area contributed by atoms with Crippen LogP contribution in [0.2, 0.25) is 0 Å². The summed E-state index contributed by atoms with van der Waals surface area (Å²) >= 11 is 0. The highest BCUT2D eigenvalue weighted by Gasteiger charge is 2.32. The second-order valence-corrected chi connectivity index (χ2v) is 6.96. The number of phenolic OH excluding ortho intramolecular Hbond substituents is 1. The van der Waals surface area contributed by atoms with Crippen molar-refractivity contribution in [2.24, 2.45) is 0 Å². The number of aromatic hydroxyl groups is 1. The van der Waals surface area contributed by atoms with Gasteiger partial charge in [0.25, 0.3) is 0 Å². The quantitative estimate of drug-likeness (QED) is 0.646. The fourth-order valence-electron chi connectivity index (χ4n) is 3.52. The lowest BCUT2D eigenvalue weighted by atomic mass is 10.0. The highest BCUT2D eigenvalue weighted by Crippen LogP contribution is 2.41. The lowest BCUT2D eigenvalue weighted by Crippen LogP contribution is -3.10. The van der Waals surface area contributed by atoms with Gasteiger partial charge >= 0.3 is 0 Å². The Morgan fingerprint density at radius 3 is 2.23 bits per heavy atom. The number of benzene rings is 2. The third-order valence-corrected chi connectivity index (χ3v) is 5.37. The molecule has 0 amide bonds. The van der Waals surface area contributed by atoms with Gasteiger partial charge < -0.3 is 29.0 Å². The predicted molar refractivity (Wildman–Crippen MR) is 113 cm³/mol.